The zero-order valence-electron chi connectivity index (χ0n) is 14.0. The molecule has 1 aromatic carbocycles. The standard InChI is InChI=1S/C16H22F2N2O3S/c1-10-7-14(18)15(9-13(10)17)24(22,23)19-12-6-4-5-11(8-12)16(21)20(2)3/h7,9,11-12,19H,4-6,8H2,1-3H3. The van der Waals surface area contributed by atoms with Crippen LogP contribution in [0.4, 0.5) is 8.78 Å². The number of hydrogen-bond donors (Lipinski definition) is 1. The molecule has 0 bridgehead atoms. The highest BCUT2D eigenvalue weighted by Crippen LogP contribution is 2.27. The second-order valence-electron chi connectivity index (χ2n) is 6.45. The number of amides is 1. The van der Waals surface area contributed by atoms with Crippen molar-refractivity contribution < 1.29 is 22.0 Å². The molecular formula is C16H22F2N2O3S. The Hall–Kier alpha value is -1.54. The predicted molar refractivity (Wildman–Crippen MR) is 85.9 cm³/mol. The Morgan fingerprint density at radius 3 is 2.50 bits per heavy atom. The molecule has 0 spiro atoms. The molecule has 134 valence electrons. The van der Waals surface area contributed by atoms with Crippen molar-refractivity contribution in [1.29, 1.82) is 0 Å². The fraction of sp³-hybridized carbons (Fsp3) is 0.562. The number of nitrogens with one attached hydrogen (secondary N) is 1. The topological polar surface area (TPSA) is 66.5 Å². The van der Waals surface area contributed by atoms with Crippen LogP contribution in [0.3, 0.4) is 0 Å². The van der Waals surface area contributed by atoms with Gasteiger partial charge in [-0.25, -0.2) is 21.9 Å². The molecule has 2 rings (SSSR count). The molecule has 1 N–H and O–H groups in total. The van der Waals surface area contributed by atoms with Crippen LogP contribution < -0.4 is 4.72 Å². The maximum atomic E-state index is 13.9. The van der Waals surface area contributed by atoms with Crippen LogP contribution in [0, 0.1) is 24.5 Å². The van der Waals surface area contributed by atoms with Gasteiger partial charge in [0.1, 0.15) is 16.5 Å². The van der Waals surface area contributed by atoms with Crippen molar-refractivity contribution in [1.82, 2.24) is 9.62 Å². The van der Waals surface area contributed by atoms with Crippen molar-refractivity contribution in [2.75, 3.05) is 14.1 Å². The summed E-state index contributed by atoms with van der Waals surface area (Å²) >= 11 is 0. The van der Waals surface area contributed by atoms with E-state index in [-0.39, 0.29) is 17.4 Å². The predicted octanol–water partition coefficient (Wildman–Crippen LogP) is 2.20. The van der Waals surface area contributed by atoms with Gasteiger partial charge in [-0.2, -0.15) is 0 Å². The summed E-state index contributed by atoms with van der Waals surface area (Å²) in [6, 6.07) is 1.09. The lowest BCUT2D eigenvalue weighted by Crippen LogP contribution is -2.42. The minimum atomic E-state index is -4.19. The van der Waals surface area contributed by atoms with Crippen molar-refractivity contribution in [2.24, 2.45) is 5.92 Å². The number of carbonyl (C=O) groups is 1. The van der Waals surface area contributed by atoms with E-state index < -0.39 is 32.6 Å². The number of sulfonamides is 1. The third-order valence-electron chi connectivity index (χ3n) is 4.29. The quantitative estimate of drug-likeness (QED) is 0.895. The molecule has 0 radical (unpaired) electrons. The molecule has 24 heavy (non-hydrogen) atoms. The monoisotopic (exact) mass is 360 g/mol. The van der Waals surface area contributed by atoms with Gasteiger partial charge in [-0.15, -0.1) is 0 Å². The van der Waals surface area contributed by atoms with E-state index in [1.807, 2.05) is 0 Å². The average molecular weight is 360 g/mol. The van der Waals surface area contributed by atoms with Crippen molar-refractivity contribution >= 4 is 15.9 Å². The Labute approximate surface area is 141 Å². The van der Waals surface area contributed by atoms with Gasteiger partial charge in [0.05, 0.1) is 0 Å². The Morgan fingerprint density at radius 1 is 1.21 bits per heavy atom. The van der Waals surface area contributed by atoms with Crippen LogP contribution in [0.5, 0.6) is 0 Å². The summed E-state index contributed by atoms with van der Waals surface area (Å²) in [5, 5.41) is 0. The molecule has 1 aliphatic carbocycles. The minimum absolute atomic E-state index is 0.0424. The van der Waals surface area contributed by atoms with Gasteiger partial charge in [-0.1, -0.05) is 6.42 Å². The van der Waals surface area contributed by atoms with Gasteiger partial charge in [-0.3, -0.25) is 4.79 Å². The number of nitrogens with zero attached hydrogens (tertiary/aromatic N) is 1. The molecular weight excluding hydrogens is 338 g/mol. The highest BCUT2D eigenvalue weighted by atomic mass is 32.2. The number of aryl methyl sites for hydroxylation is 1. The number of rotatable bonds is 4. The summed E-state index contributed by atoms with van der Waals surface area (Å²) in [5.41, 5.74) is 0.0424. The first-order chi connectivity index (χ1) is 11.1. The Kier molecular flexibility index (Phi) is 5.59. The molecule has 0 heterocycles. The number of carbonyl (C=O) groups excluding carboxylic acids is 1. The van der Waals surface area contributed by atoms with Crippen LogP contribution in [-0.2, 0) is 14.8 Å². The molecule has 2 atom stereocenters. The van der Waals surface area contributed by atoms with E-state index in [1.54, 1.807) is 14.1 Å². The first-order valence-electron chi connectivity index (χ1n) is 7.81. The van der Waals surface area contributed by atoms with Crippen LogP contribution in [-0.4, -0.2) is 39.4 Å². The summed E-state index contributed by atoms with van der Waals surface area (Å²) in [4.78, 5) is 12.8. The van der Waals surface area contributed by atoms with E-state index in [9.17, 15) is 22.0 Å². The fourth-order valence-electron chi connectivity index (χ4n) is 3.00. The maximum Gasteiger partial charge on any atom is 0.243 e. The molecule has 1 aromatic rings. The lowest BCUT2D eigenvalue weighted by atomic mass is 9.85. The smallest absolute Gasteiger partial charge is 0.243 e. The van der Waals surface area contributed by atoms with Gasteiger partial charge in [0.25, 0.3) is 0 Å². The Morgan fingerprint density at radius 2 is 1.88 bits per heavy atom. The first kappa shape index (κ1) is 18.8. The van der Waals surface area contributed by atoms with E-state index in [2.05, 4.69) is 4.72 Å². The van der Waals surface area contributed by atoms with E-state index >= 15 is 0 Å². The molecule has 0 saturated heterocycles. The Bertz CT molecular complexity index is 735. The second-order valence-corrected chi connectivity index (χ2v) is 8.13. The highest BCUT2D eigenvalue weighted by molar-refractivity contribution is 7.89. The zero-order chi connectivity index (χ0) is 18.1. The fourth-order valence-corrected chi connectivity index (χ4v) is 4.36. The van der Waals surface area contributed by atoms with Crippen molar-refractivity contribution in [2.45, 2.75) is 43.5 Å². The molecule has 1 amide bonds. The molecule has 2 unspecified atom stereocenters. The van der Waals surface area contributed by atoms with Crippen LogP contribution >= 0.6 is 0 Å². The number of benzene rings is 1. The third-order valence-corrected chi connectivity index (χ3v) is 5.82. The van der Waals surface area contributed by atoms with Gasteiger partial charge < -0.3 is 4.90 Å². The van der Waals surface area contributed by atoms with E-state index in [0.29, 0.717) is 31.7 Å². The number of halogens is 2. The van der Waals surface area contributed by atoms with Crippen molar-refractivity contribution in [3.8, 4) is 0 Å². The lowest BCUT2D eigenvalue weighted by Gasteiger charge is -2.30. The SMILES string of the molecule is Cc1cc(F)c(S(=O)(=O)NC2CCCC(C(=O)N(C)C)C2)cc1F. The zero-order valence-corrected chi connectivity index (χ0v) is 14.8. The molecule has 1 aliphatic rings. The summed E-state index contributed by atoms with van der Waals surface area (Å²) in [6.07, 6.45) is 2.31. The van der Waals surface area contributed by atoms with E-state index in [0.717, 1.165) is 6.07 Å². The number of hydrogen-bond acceptors (Lipinski definition) is 3. The van der Waals surface area contributed by atoms with Crippen LogP contribution in [0.2, 0.25) is 0 Å². The molecule has 1 saturated carbocycles. The third kappa shape index (κ3) is 4.10. The first-order valence-corrected chi connectivity index (χ1v) is 9.29. The van der Waals surface area contributed by atoms with Crippen LogP contribution in [0.1, 0.15) is 31.2 Å². The Balaban J connectivity index is 2.17. The van der Waals surface area contributed by atoms with Crippen molar-refractivity contribution in [3.63, 3.8) is 0 Å². The summed E-state index contributed by atoms with van der Waals surface area (Å²) < 4.78 is 54.7. The van der Waals surface area contributed by atoms with Gasteiger partial charge in [0, 0.05) is 26.1 Å². The summed E-state index contributed by atoms with van der Waals surface area (Å²) in [5.74, 6) is -2.08. The van der Waals surface area contributed by atoms with E-state index in [1.165, 1.54) is 11.8 Å². The second kappa shape index (κ2) is 7.14. The maximum absolute atomic E-state index is 13.9. The summed E-state index contributed by atoms with van der Waals surface area (Å²) in [7, 11) is -0.882. The molecule has 0 aromatic heterocycles. The van der Waals surface area contributed by atoms with Gasteiger partial charge in [0.2, 0.25) is 15.9 Å². The molecule has 1 fully saturated rings. The normalized spacial score (nSPS) is 21.5. The van der Waals surface area contributed by atoms with Gasteiger partial charge >= 0.3 is 0 Å². The molecule has 8 heteroatoms. The van der Waals surface area contributed by atoms with Crippen LogP contribution in [0.25, 0.3) is 0 Å². The highest BCUT2D eigenvalue weighted by Gasteiger charge is 2.32. The summed E-state index contributed by atoms with van der Waals surface area (Å²) in [6.45, 7) is 1.36. The van der Waals surface area contributed by atoms with Gasteiger partial charge in [0.15, 0.2) is 0 Å². The van der Waals surface area contributed by atoms with Gasteiger partial charge in [-0.05, 0) is 43.9 Å². The van der Waals surface area contributed by atoms with E-state index in [4.69, 9.17) is 0 Å². The minimum Gasteiger partial charge on any atom is -0.349 e. The van der Waals surface area contributed by atoms with Crippen LogP contribution in [0.15, 0.2) is 17.0 Å². The molecule has 5 nitrogen and oxygen atoms in total. The molecule has 0 aliphatic heterocycles. The largest absolute Gasteiger partial charge is 0.349 e. The van der Waals surface area contributed by atoms with Crippen molar-refractivity contribution in [3.05, 3.63) is 29.3 Å². The average Bonchev–Trinajstić information content (AvgIpc) is 2.49. The lowest BCUT2D eigenvalue weighted by molar-refractivity contribution is -0.134.